The third-order valence-electron chi connectivity index (χ3n) is 5.35. The first-order valence-corrected chi connectivity index (χ1v) is 10.4. The number of aromatic nitrogens is 4. The van der Waals surface area contributed by atoms with Gasteiger partial charge >= 0.3 is 6.09 Å². The molecule has 10 heteroatoms. The Labute approximate surface area is 171 Å². The highest BCUT2D eigenvalue weighted by molar-refractivity contribution is 9.10. The Morgan fingerprint density at radius 2 is 1.96 bits per heavy atom. The van der Waals surface area contributed by atoms with Crippen molar-refractivity contribution in [2.75, 3.05) is 18.0 Å². The van der Waals surface area contributed by atoms with E-state index in [0.29, 0.717) is 35.7 Å². The molecular formula is C18H25BrN6O3. The molecule has 1 aliphatic heterocycles. The lowest BCUT2D eigenvalue weighted by Crippen LogP contribution is -2.67. The van der Waals surface area contributed by atoms with Gasteiger partial charge in [0.2, 0.25) is 0 Å². The summed E-state index contributed by atoms with van der Waals surface area (Å²) in [5.74, 6) is 0.357. The highest BCUT2D eigenvalue weighted by Crippen LogP contribution is 2.37. The number of anilines is 1. The number of amides is 1. The maximum atomic E-state index is 13.2. The predicted octanol–water partition coefficient (Wildman–Crippen LogP) is 2.33. The number of fused-ring (bicyclic) bond motifs is 2. The van der Waals surface area contributed by atoms with Crippen LogP contribution in [0.2, 0.25) is 0 Å². The SMILES string of the molecule is CCc1nc2nc(Br)[nH]n2c(=O)c1N1CCN(C(=O)OC(C)(C)C)[C@@H]2CC[C@@H]21. The first-order chi connectivity index (χ1) is 13.2. The first-order valence-electron chi connectivity index (χ1n) is 9.63. The molecule has 4 rings (SSSR count). The molecule has 2 aliphatic rings. The zero-order valence-corrected chi connectivity index (χ0v) is 18.1. The van der Waals surface area contributed by atoms with E-state index in [1.54, 1.807) is 0 Å². The number of hydrogen-bond acceptors (Lipinski definition) is 6. The zero-order valence-electron chi connectivity index (χ0n) is 16.5. The van der Waals surface area contributed by atoms with E-state index in [1.807, 2.05) is 32.6 Å². The summed E-state index contributed by atoms with van der Waals surface area (Å²) in [5, 5.41) is 2.89. The van der Waals surface area contributed by atoms with Gasteiger partial charge in [-0.2, -0.15) is 9.50 Å². The molecule has 1 aliphatic carbocycles. The molecule has 28 heavy (non-hydrogen) atoms. The minimum atomic E-state index is -0.523. The summed E-state index contributed by atoms with van der Waals surface area (Å²) in [6, 6.07) is 0.160. The Kier molecular flexibility index (Phi) is 4.64. The lowest BCUT2D eigenvalue weighted by molar-refractivity contribution is -0.00451. The Morgan fingerprint density at radius 1 is 1.25 bits per heavy atom. The van der Waals surface area contributed by atoms with Crippen LogP contribution in [0.3, 0.4) is 0 Å². The number of carbonyl (C=O) groups excluding carboxylic acids is 1. The second-order valence-electron chi connectivity index (χ2n) is 8.29. The molecule has 1 saturated carbocycles. The largest absolute Gasteiger partial charge is 0.444 e. The van der Waals surface area contributed by atoms with Crippen molar-refractivity contribution in [1.82, 2.24) is 24.5 Å². The molecule has 2 aromatic heterocycles. The van der Waals surface area contributed by atoms with Crippen LogP contribution in [0.5, 0.6) is 0 Å². The molecule has 2 atom stereocenters. The van der Waals surface area contributed by atoms with E-state index in [1.165, 1.54) is 4.52 Å². The van der Waals surface area contributed by atoms with Crippen molar-refractivity contribution in [1.29, 1.82) is 0 Å². The maximum absolute atomic E-state index is 13.2. The Hall–Kier alpha value is -2.10. The van der Waals surface area contributed by atoms with E-state index in [4.69, 9.17) is 4.74 Å². The number of aryl methyl sites for hydroxylation is 1. The number of aromatic amines is 1. The molecule has 0 bridgehead atoms. The smallest absolute Gasteiger partial charge is 0.410 e. The highest BCUT2D eigenvalue weighted by Gasteiger charge is 2.47. The van der Waals surface area contributed by atoms with Gasteiger partial charge in [-0.25, -0.2) is 9.78 Å². The van der Waals surface area contributed by atoms with Crippen LogP contribution in [-0.2, 0) is 11.2 Å². The fourth-order valence-electron chi connectivity index (χ4n) is 4.02. The zero-order chi connectivity index (χ0) is 20.2. The summed E-state index contributed by atoms with van der Waals surface area (Å²) in [4.78, 5) is 38.5. The number of halogens is 1. The van der Waals surface area contributed by atoms with Crippen LogP contribution < -0.4 is 10.5 Å². The topological polar surface area (TPSA) is 95.8 Å². The molecule has 0 aromatic carbocycles. The second kappa shape index (κ2) is 6.75. The van der Waals surface area contributed by atoms with Crippen molar-refractivity contribution in [2.45, 2.75) is 64.6 Å². The van der Waals surface area contributed by atoms with Crippen molar-refractivity contribution in [2.24, 2.45) is 0 Å². The Bertz CT molecular complexity index is 978. The summed E-state index contributed by atoms with van der Waals surface area (Å²) in [6.45, 7) is 8.70. The number of nitrogens with zero attached hydrogens (tertiary/aromatic N) is 5. The number of nitrogens with one attached hydrogen (secondary N) is 1. The number of hydrogen-bond donors (Lipinski definition) is 1. The minimum Gasteiger partial charge on any atom is -0.444 e. The average molecular weight is 453 g/mol. The maximum Gasteiger partial charge on any atom is 0.410 e. The number of rotatable bonds is 2. The van der Waals surface area contributed by atoms with E-state index in [2.05, 4.69) is 35.9 Å². The summed E-state index contributed by atoms with van der Waals surface area (Å²) in [6.07, 6.45) is 2.20. The highest BCUT2D eigenvalue weighted by atomic mass is 79.9. The molecule has 2 aromatic rings. The molecule has 3 heterocycles. The molecule has 9 nitrogen and oxygen atoms in total. The van der Waals surface area contributed by atoms with E-state index in [0.717, 1.165) is 18.5 Å². The van der Waals surface area contributed by atoms with E-state index in [-0.39, 0.29) is 23.7 Å². The van der Waals surface area contributed by atoms with Crippen molar-refractivity contribution < 1.29 is 9.53 Å². The van der Waals surface area contributed by atoms with Gasteiger partial charge < -0.3 is 14.5 Å². The van der Waals surface area contributed by atoms with Crippen LogP contribution in [-0.4, -0.2) is 61.3 Å². The third kappa shape index (κ3) is 3.17. The monoisotopic (exact) mass is 452 g/mol. The molecule has 152 valence electrons. The summed E-state index contributed by atoms with van der Waals surface area (Å²) in [7, 11) is 0. The van der Waals surface area contributed by atoms with Crippen LogP contribution in [0.4, 0.5) is 10.5 Å². The van der Waals surface area contributed by atoms with Gasteiger partial charge in [-0.3, -0.25) is 9.89 Å². The molecule has 2 fully saturated rings. The van der Waals surface area contributed by atoms with Crippen LogP contribution in [0.25, 0.3) is 5.78 Å². The third-order valence-corrected chi connectivity index (χ3v) is 5.71. The number of H-pyrrole nitrogens is 1. The van der Waals surface area contributed by atoms with Gasteiger partial charge in [-0.05, 0) is 56.0 Å². The molecule has 0 spiro atoms. The van der Waals surface area contributed by atoms with E-state index in [9.17, 15) is 9.59 Å². The summed E-state index contributed by atoms with van der Waals surface area (Å²) < 4.78 is 7.40. The van der Waals surface area contributed by atoms with Gasteiger partial charge in [0.15, 0.2) is 4.73 Å². The van der Waals surface area contributed by atoms with Gasteiger partial charge in [0.05, 0.1) is 11.7 Å². The van der Waals surface area contributed by atoms with Crippen LogP contribution in [0.15, 0.2) is 9.53 Å². The second-order valence-corrected chi connectivity index (χ2v) is 9.05. The number of piperazine rings is 1. The van der Waals surface area contributed by atoms with Crippen molar-refractivity contribution in [3.8, 4) is 0 Å². The number of carbonyl (C=O) groups is 1. The summed E-state index contributed by atoms with van der Waals surface area (Å²) in [5.41, 5.74) is 0.663. The van der Waals surface area contributed by atoms with Crippen molar-refractivity contribution in [3.05, 3.63) is 20.8 Å². The van der Waals surface area contributed by atoms with Crippen LogP contribution >= 0.6 is 15.9 Å². The quantitative estimate of drug-likeness (QED) is 0.750. The molecule has 0 unspecified atom stereocenters. The Balaban J connectivity index is 1.66. The van der Waals surface area contributed by atoms with Crippen molar-refractivity contribution >= 4 is 33.5 Å². The fourth-order valence-corrected chi connectivity index (χ4v) is 4.36. The molecule has 1 saturated heterocycles. The molecule has 1 N–H and O–H groups in total. The molecule has 1 amide bonds. The average Bonchev–Trinajstić information content (AvgIpc) is 2.94. The molecular weight excluding hydrogens is 428 g/mol. The fraction of sp³-hybridized carbons (Fsp3) is 0.667. The number of ether oxygens (including phenoxy) is 1. The van der Waals surface area contributed by atoms with Crippen LogP contribution in [0, 0.1) is 0 Å². The van der Waals surface area contributed by atoms with Gasteiger partial charge in [0.25, 0.3) is 11.3 Å². The van der Waals surface area contributed by atoms with Gasteiger partial charge in [-0.1, -0.05) is 6.92 Å². The normalized spacial score (nSPS) is 22.2. The van der Waals surface area contributed by atoms with Gasteiger partial charge in [0.1, 0.15) is 11.3 Å². The van der Waals surface area contributed by atoms with Crippen molar-refractivity contribution in [3.63, 3.8) is 0 Å². The lowest BCUT2D eigenvalue weighted by Gasteiger charge is -2.54. The predicted molar refractivity (Wildman–Crippen MR) is 108 cm³/mol. The van der Waals surface area contributed by atoms with Crippen LogP contribution in [0.1, 0.15) is 46.2 Å². The first kappa shape index (κ1) is 19.2. The minimum absolute atomic E-state index is 0.0573. The van der Waals surface area contributed by atoms with E-state index >= 15 is 0 Å². The standard InChI is InChI=1S/C18H25BrN6O3/c1-5-10-13(14(26)25-16(20-10)21-15(19)22-25)23-8-9-24(12-7-6-11(12)23)17(27)28-18(2,3)4/h11-12H,5-9H2,1-4H3,(H,20,21,22)/t11-,12+/m0/s1. The summed E-state index contributed by atoms with van der Waals surface area (Å²) >= 11 is 3.27. The Morgan fingerprint density at radius 3 is 2.57 bits per heavy atom. The van der Waals surface area contributed by atoms with Gasteiger partial charge in [-0.15, -0.1) is 0 Å². The van der Waals surface area contributed by atoms with E-state index < -0.39 is 5.60 Å². The molecule has 0 radical (unpaired) electrons. The van der Waals surface area contributed by atoms with Gasteiger partial charge in [0, 0.05) is 19.1 Å². The lowest BCUT2D eigenvalue weighted by atomic mass is 9.81.